The Morgan fingerprint density at radius 3 is 2.58 bits per heavy atom. The number of hydrogen-bond donors (Lipinski definition) is 2. The molecule has 2 aromatic carbocycles. The van der Waals surface area contributed by atoms with Crippen molar-refractivity contribution in [2.24, 2.45) is 0 Å². The lowest BCUT2D eigenvalue weighted by Crippen LogP contribution is -2.34. The molecule has 1 aliphatic heterocycles. The van der Waals surface area contributed by atoms with E-state index in [1.54, 1.807) is 25.1 Å². The van der Waals surface area contributed by atoms with Gasteiger partial charge in [-0.1, -0.05) is 12.1 Å². The van der Waals surface area contributed by atoms with E-state index in [0.29, 0.717) is 22.9 Å². The third-order valence-corrected chi connectivity index (χ3v) is 5.84. The second-order valence-corrected chi connectivity index (χ2v) is 8.33. The normalized spacial score (nSPS) is 15.3. The number of rotatable bonds is 6. The largest absolute Gasteiger partial charge is 0.493 e. The minimum atomic E-state index is -3.92. The maximum Gasteiger partial charge on any atom is 0.265 e. The summed E-state index contributed by atoms with van der Waals surface area (Å²) in [6, 6.07) is 14.4. The molecular formula is C21H19N3O6S. The van der Waals surface area contributed by atoms with E-state index in [9.17, 15) is 13.2 Å². The van der Waals surface area contributed by atoms with Crippen LogP contribution in [0.1, 0.15) is 6.92 Å². The highest BCUT2D eigenvalue weighted by molar-refractivity contribution is 7.92. The van der Waals surface area contributed by atoms with E-state index in [1.165, 1.54) is 43.6 Å². The highest BCUT2D eigenvalue weighted by atomic mass is 32.2. The third-order valence-electron chi connectivity index (χ3n) is 4.46. The average molecular weight is 441 g/mol. The van der Waals surface area contributed by atoms with Crippen molar-refractivity contribution in [2.45, 2.75) is 17.9 Å². The summed E-state index contributed by atoms with van der Waals surface area (Å²) in [5.74, 6) is 1.37. The monoisotopic (exact) mass is 441 g/mol. The Hall–Kier alpha value is -3.79. The number of methoxy groups -OCH3 is 1. The van der Waals surface area contributed by atoms with E-state index in [2.05, 4.69) is 15.0 Å². The number of aromatic nitrogens is 1. The standard InChI is InChI=1S/C21H19N3O6S/c1-13-21(25)23-16-11-15(8-9-17(16)29-13)31(26,27)24-14-7-10-20(22-12-14)30-19-6-4-3-5-18(19)28-2/h3-13,24H,1-2H3,(H,23,25). The fourth-order valence-corrected chi connectivity index (χ4v) is 3.96. The molecule has 0 radical (unpaired) electrons. The summed E-state index contributed by atoms with van der Waals surface area (Å²) in [5.41, 5.74) is 0.545. The lowest BCUT2D eigenvalue weighted by molar-refractivity contribution is -0.122. The van der Waals surface area contributed by atoms with Crippen LogP contribution in [-0.2, 0) is 14.8 Å². The number of carbonyl (C=O) groups excluding carboxylic acids is 1. The first-order chi connectivity index (χ1) is 14.9. The number of nitrogens with zero attached hydrogens (tertiary/aromatic N) is 1. The minimum Gasteiger partial charge on any atom is -0.493 e. The zero-order chi connectivity index (χ0) is 22.0. The van der Waals surface area contributed by atoms with Crippen LogP contribution >= 0.6 is 0 Å². The number of sulfonamides is 1. The summed E-state index contributed by atoms with van der Waals surface area (Å²) >= 11 is 0. The van der Waals surface area contributed by atoms with E-state index in [0.717, 1.165) is 0 Å². The van der Waals surface area contributed by atoms with Gasteiger partial charge in [-0.3, -0.25) is 9.52 Å². The van der Waals surface area contributed by atoms with E-state index in [1.807, 2.05) is 6.07 Å². The van der Waals surface area contributed by atoms with Crippen LogP contribution in [0.15, 0.2) is 65.7 Å². The molecule has 1 aliphatic rings. The van der Waals surface area contributed by atoms with Gasteiger partial charge in [0.15, 0.2) is 17.6 Å². The van der Waals surface area contributed by atoms with Crippen molar-refractivity contribution >= 4 is 27.3 Å². The zero-order valence-electron chi connectivity index (χ0n) is 16.7. The smallest absolute Gasteiger partial charge is 0.265 e. The summed E-state index contributed by atoms with van der Waals surface area (Å²) in [7, 11) is -2.38. The van der Waals surface area contributed by atoms with Gasteiger partial charge in [0.25, 0.3) is 15.9 Å². The number of anilines is 2. The molecule has 1 amide bonds. The van der Waals surface area contributed by atoms with Crippen molar-refractivity contribution in [1.82, 2.24) is 4.98 Å². The molecule has 0 saturated heterocycles. The first-order valence-corrected chi connectivity index (χ1v) is 10.8. The van der Waals surface area contributed by atoms with E-state index in [4.69, 9.17) is 14.2 Å². The summed E-state index contributed by atoms with van der Waals surface area (Å²) in [5, 5.41) is 2.63. The SMILES string of the molecule is COc1ccccc1Oc1ccc(NS(=O)(=O)c2ccc3c(c2)NC(=O)C(C)O3)cn1. The lowest BCUT2D eigenvalue weighted by atomic mass is 10.2. The molecule has 1 unspecified atom stereocenters. The van der Waals surface area contributed by atoms with Crippen LogP contribution in [0, 0.1) is 0 Å². The average Bonchev–Trinajstić information content (AvgIpc) is 2.76. The Bertz CT molecular complexity index is 1230. The second-order valence-electron chi connectivity index (χ2n) is 6.65. The molecular weight excluding hydrogens is 422 g/mol. The topological polar surface area (TPSA) is 116 Å². The summed E-state index contributed by atoms with van der Waals surface area (Å²) < 4.78 is 44.3. The molecule has 1 aromatic heterocycles. The first-order valence-electron chi connectivity index (χ1n) is 9.27. The molecule has 1 atom stereocenters. The quantitative estimate of drug-likeness (QED) is 0.602. The number of amides is 1. The number of hydrogen-bond acceptors (Lipinski definition) is 7. The molecule has 2 N–H and O–H groups in total. The number of nitrogens with one attached hydrogen (secondary N) is 2. The van der Waals surface area contributed by atoms with Crippen LogP contribution in [0.4, 0.5) is 11.4 Å². The first kappa shape index (κ1) is 20.5. The van der Waals surface area contributed by atoms with Crippen LogP contribution in [-0.4, -0.2) is 32.5 Å². The van der Waals surface area contributed by atoms with Crippen LogP contribution in [0.25, 0.3) is 0 Å². The summed E-state index contributed by atoms with van der Waals surface area (Å²) in [4.78, 5) is 15.9. The van der Waals surface area contributed by atoms with Gasteiger partial charge in [-0.05, 0) is 43.3 Å². The van der Waals surface area contributed by atoms with Crippen molar-refractivity contribution in [3.63, 3.8) is 0 Å². The van der Waals surface area contributed by atoms with Gasteiger partial charge in [0.05, 0.1) is 29.6 Å². The van der Waals surface area contributed by atoms with Crippen LogP contribution < -0.4 is 24.2 Å². The van der Waals surface area contributed by atoms with Crippen molar-refractivity contribution in [3.05, 3.63) is 60.8 Å². The van der Waals surface area contributed by atoms with Crippen molar-refractivity contribution in [3.8, 4) is 23.1 Å². The summed E-state index contributed by atoms with van der Waals surface area (Å²) in [6.45, 7) is 1.61. The molecule has 0 spiro atoms. The highest BCUT2D eigenvalue weighted by Gasteiger charge is 2.25. The fourth-order valence-electron chi connectivity index (χ4n) is 2.89. The maximum atomic E-state index is 12.8. The van der Waals surface area contributed by atoms with Gasteiger partial charge in [-0.2, -0.15) is 0 Å². The van der Waals surface area contributed by atoms with Gasteiger partial charge in [0, 0.05) is 6.07 Å². The Morgan fingerprint density at radius 1 is 1.10 bits per heavy atom. The second kappa shape index (κ2) is 8.15. The Morgan fingerprint density at radius 2 is 1.87 bits per heavy atom. The molecule has 160 valence electrons. The number of benzene rings is 2. The summed E-state index contributed by atoms with van der Waals surface area (Å²) in [6.07, 6.45) is 0.698. The lowest BCUT2D eigenvalue weighted by Gasteiger charge is -2.23. The van der Waals surface area contributed by atoms with Gasteiger partial charge in [0.2, 0.25) is 5.88 Å². The molecule has 0 fully saturated rings. The zero-order valence-corrected chi connectivity index (χ0v) is 17.5. The van der Waals surface area contributed by atoms with Gasteiger partial charge in [0.1, 0.15) is 5.75 Å². The van der Waals surface area contributed by atoms with Crippen molar-refractivity contribution in [2.75, 3.05) is 17.1 Å². The predicted molar refractivity (Wildman–Crippen MR) is 113 cm³/mol. The number of ether oxygens (including phenoxy) is 3. The highest BCUT2D eigenvalue weighted by Crippen LogP contribution is 2.33. The Balaban J connectivity index is 1.50. The number of para-hydroxylation sites is 2. The molecule has 0 bridgehead atoms. The van der Waals surface area contributed by atoms with Gasteiger partial charge in [-0.25, -0.2) is 13.4 Å². The van der Waals surface area contributed by atoms with Crippen molar-refractivity contribution < 1.29 is 27.4 Å². The van der Waals surface area contributed by atoms with Gasteiger partial charge >= 0.3 is 0 Å². The molecule has 0 saturated carbocycles. The molecule has 31 heavy (non-hydrogen) atoms. The third kappa shape index (κ3) is 4.38. The van der Waals surface area contributed by atoms with Crippen LogP contribution in [0.2, 0.25) is 0 Å². The van der Waals surface area contributed by atoms with E-state index in [-0.39, 0.29) is 22.4 Å². The maximum absolute atomic E-state index is 12.8. The number of carbonyl (C=O) groups is 1. The van der Waals surface area contributed by atoms with Gasteiger partial charge < -0.3 is 19.5 Å². The predicted octanol–water partition coefficient (Wildman–Crippen LogP) is 3.40. The molecule has 4 rings (SSSR count). The molecule has 9 nitrogen and oxygen atoms in total. The Labute approximate surface area is 179 Å². The van der Waals surface area contributed by atoms with Gasteiger partial charge in [-0.15, -0.1) is 0 Å². The minimum absolute atomic E-state index is 0.0287. The number of pyridine rings is 1. The van der Waals surface area contributed by atoms with E-state index < -0.39 is 16.1 Å². The number of fused-ring (bicyclic) bond motifs is 1. The Kier molecular flexibility index (Phi) is 5.38. The molecule has 3 aromatic rings. The van der Waals surface area contributed by atoms with Crippen molar-refractivity contribution in [1.29, 1.82) is 0 Å². The van der Waals surface area contributed by atoms with Crippen LogP contribution in [0.5, 0.6) is 23.1 Å². The molecule has 2 heterocycles. The van der Waals surface area contributed by atoms with Crippen LogP contribution in [0.3, 0.4) is 0 Å². The molecule has 0 aliphatic carbocycles. The van der Waals surface area contributed by atoms with E-state index >= 15 is 0 Å². The fraction of sp³-hybridized carbons (Fsp3) is 0.143. The molecule has 10 heteroatoms.